The second-order valence-electron chi connectivity index (χ2n) is 5.07. The van der Waals surface area contributed by atoms with Crippen molar-refractivity contribution in [2.24, 2.45) is 0 Å². The van der Waals surface area contributed by atoms with Crippen LogP contribution in [0.2, 0.25) is 0 Å². The monoisotopic (exact) mass is 314 g/mol. The van der Waals surface area contributed by atoms with Gasteiger partial charge in [-0.3, -0.25) is 4.79 Å². The first-order valence-electron chi connectivity index (χ1n) is 7.76. The highest BCUT2D eigenvalue weighted by molar-refractivity contribution is 5.89. The van der Waals surface area contributed by atoms with E-state index in [-0.39, 0.29) is 5.91 Å². The van der Waals surface area contributed by atoms with Crippen molar-refractivity contribution >= 4 is 11.7 Å². The van der Waals surface area contributed by atoms with Crippen LogP contribution in [0.3, 0.4) is 0 Å². The number of hydrogen-bond acceptors (Lipinski definition) is 4. The van der Waals surface area contributed by atoms with Crippen LogP contribution in [0.25, 0.3) is 0 Å². The molecule has 5 heteroatoms. The number of pyridine rings is 1. The number of amides is 1. The number of hydrogen-bond donors (Lipinski definition) is 1. The van der Waals surface area contributed by atoms with Crippen LogP contribution in [0.4, 0.5) is 5.82 Å². The molecule has 2 aromatic rings. The number of ether oxygens (including phenoxy) is 2. The Balaban J connectivity index is 1.67. The fraction of sp³-hybridized carbons (Fsp3) is 0.333. The Morgan fingerprint density at radius 1 is 1.09 bits per heavy atom. The third kappa shape index (κ3) is 5.98. The molecule has 1 heterocycles. The van der Waals surface area contributed by atoms with E-state index >= 15 is 0 Å². The van der Waals surface area contributed by atoms with Crippen molar-refractivity contribution in [3.8, 4) is 11.5 Å². The molecule has 1 aromatic heterocycles. The molecule has 1 aromatic carbocycles. The summed E-state index contributed by atoms with van der Waals surface area (Å²) in [5, 5.41) is 2.78. The van der Waals surface area contributed by atoms with E-state index < -0.39 is 0 Å². The Hall–Kier alpha value is -2.56. The van der Waals surface area contributed by atoms with Gasteiger partial charge in [0, 0.05) is 12.1 Å². The Morgan fingerprint density at radius 3 is 2.43 bits per heavy atom. The van der Waals surface area contributed by atoms with Crippen molar-refractivity contribution in [2.45, 2.75) is 26.7 Å². The minimum Gasteiger partial charge on any atom is -0.494 e. The van der Waals surface area contributed by atoms with Crippen LogP contribution < -0.4 is 14.8 Å². The van der Waals surface area contributed by atoms with Crippen LogP contribution >= 0.6 is 0 Å². The van der Waals surface area contributed by atoms with Crippen molar-refractivity contribution in [1.29, 1.82) is 0 Å². The molecule has 0 radical (unpaired) electrons. The second-order valence-corrected chi connectivity index (χ2v) is 5.07. The molecular weight excluding hydrogens is 292 g/mol. The molecule has 5 nitrogen and oxygen atoms in total. The summed E-state index contributed by atoms with van der Waals surface area (Å²) in [5.74, 6) is 2.12. The average molecular weight is 314 g/mol. The maximum atomic E-state index is 11.8. The number of anilines is 1. The van der Waals surface area contributed by atoms with Gasteiger partial charge in [-0.05, 0) is 56.7 Å². The standard InChI is InChI=1S/C18H22N2O3/c1-3-22-15-9-11-16(12-10-15)23-13-5-8-18(21)20-17-7-4-6-14(2)19-17/h4,6-7,9-12H,3,5,8,13H2,1-2H3,(H,19,20,21). The molecule has 0 saturated carbocycles. The molecule has 0 atom stereocenters. The Kier molecular flexibility index (Phi) is 6.41. The molecule has 122 valence electrons. The first-order chi connectivity index (χ1) is 11.2. The van der Waals surface area contributed by atoms with Crippen LogP contribution in [0.15, 0.2) is 42.5 Å². The molecule has 0 fully saturated rings. The number of carbonyl (C=O) groups is 1. The van der Waals surface area contributed by atoms with Gasteiger partial charge >= 0.3 is 0 Å². The zero-order chi connectivity index (χ0) is 16.5. The molecule has 0 spiro atoms. The van der Waals surface area contributed by atoms with E-state index in [0.717, 1.165) is 17.2 Å². The van der Waals surface area contributed by atoms with Crippen LogP contribution in [0, 0.1) is 6.92 Å². The lowest BCUT2D eigenvalue weighted by Gasteiger charge is -2.08. The molecule has 0 saturated heterocycles. The summed E-state index contributed by atoms with van der Waals surface area (Å²) in [6.45, 7) is 4.97. The molecule has 0 bridgehead atoms. The van der Waals surface area contributed by atoms with Crippen molar-refractivity contribution in [3.05, 3.63) is 48.2 Å². The number of aryl methyl sites for hydroxylation is 1. The molecule has 0 aliphatic rings. The van der Waals surface area contributed by atoms with E-state index in [1.54, 1.807) is 6.07 Å². The summed E-state index contributed by atoms with van der Waals surface area (Å²) in [7, 11) is 0. The number of nitrogens with zero attached hydrogens (tertiary/aromatic N) is 1. The van der Waals surface area contributed by atoms with Crippen molar-refractivity contribution in [3.63, 3.8) is 0 Å². The maximum Gasteiger partial charge on any atom is 0.225 e. The zero-order valence-electron chi connectivity index (χ0n) is 13.5. The first-order valence-corrected chi connectivity index (χ1v) is 7.76. The van der Waals surface area contributed by atoms with Crippen LogP contribution in [-0.4, -0.2) is 24.1 Å². The molecule has 0 aliphatic carbocycles. The van der Waals surface area contributed by atoms with Crippen molar-refractivity contribution in [1.82, 2.24) is 4.98 Å². The van der Waals surface area contributed by atoms with Gasteiger partial charge in [0.15, 0.2) is 0 Å². The largest absolute Gasteiger partial charge is 0.494 e. The SMILES string of the molecule is CCOc1ccc(OCCCC(=O)Nc2cccc(C)n2)cc1. The van der Waals surface area contributed by atoms with Gasteiger partial charge in [-0.25, -0.2) is 4.98 Å². The van der Waals surface area contributed by atoms with Gasteiger partial charge < -0.3 is 14.8 Å². The minimum atomic E-state index is -0.0570. The number of rotatable bonds is 8. The Labute approximate surface area is 136 Å². The number of carbonyl (C=O) groups excluding carboxylic acids is 1. The summed E-state index contributed by atoms with van der Waals surface area (Å²) in [6, 6.07) is 13.0. The molecule has 23 heavy (non-hydrogen) atoms. The van der Waals surface area contributed by atoms with Crippen LogP contribution in [0.1, 0.15) is 25.5 Å². The van der Waals surface area contributed by atoms with E-state index in [9.17, 15) is 4.79 Å². The van der Waals surface area contributed by atoms with E-state index in [2.05, 4.69) is 10.3 Å². The van der Waals surface area contributed by atoms with Gasteiger partial charge in [-0.15, -0.1) is 0 Å². The lowest BCUT2D eigenvalue weighted by molar-refractivity contribution is -0.116. The van der Waals surface area contributed by atoms with Gasteiger partial charge in [0.25, 0.3) is 0 Å². The number of benzene rings is 1. The summed E-state index contributed by atoms with van der Waals surface area (Å²) in [6.07, 6.45) is 1.04. The maximum absolute atomic E-state index is 11.8. The Bertz CT molecular complexity index is 626. The average Bonchev–Trinajstić information content (AvgIpc) is 2.53. The minimum absolute atomic E-state index is 0.0570. The van der Waals surface area contributed by atoms with Crippen LogP contribution in [0.5, 0.6) is 11.5 Å². The van der Waals surface area contributed by atoms with Crippen LogP contribution in [-0.2, 0) is 4.79 Å². The third-order valence-electron chi connectivity index (χ3n) is 3.11. The predicted octanol–water partition coefficient (Wildman–Crippen LogP) is 3.59. The lowest BCUT2D eigenvalue weighted by atomic mass is 10.3. The van der Waals surface area contributed by atoms with Crippen molar-refractivity contribution in [2.75, 3.05) is 18.5 Å². The lowest BCUT2D eigenvalue weighted by Crippen LogP contribution is -2.13. The van der Waals surface area contributed by atoms with Gasteiger partial charge in [-0.2, -0.15) is 0 Å². The van der Waals surface area contributed by atoms with E-state index in [4.69, 9.17) is 9.47 Å². The zero-order valence-corrected chi connectivity index (χ0v) is 13.5. The predicted molar refractivity (Wildman–Crippen MR) is 89.9 cm³/mol. The fourth-order valence-corrected chi connectivity index (χ4v) is 2.04. The van der Waals surface area contributed by atoms with Gasteiger partial charge in [0.2, 0.25) is 5.91 Å². The van der Waals surface area contributed by atoms with Crippen molar-refractivity contribution < 1.29 is 14.3 Å². The van der Waals surface area contributed by atoms with E-state index in [1.165, 1.54) is 0 Å². The van der Waals surface area contributed by atoms with Gasteiger partial charge in [0.05, 0.1) is 13.2 Å². The Morgan fingerprint density at radius 2 is 1.78 bits per heavy atom. The van der Waals surface area contributed by atoms with E-state index in [0.29, 0.717) is 31.9 Å². The highest BCUT2D eigenvalue weighted by Crippen LogP contribution is 2.17. The molecule has 0 aliphatic heterocycles. The summed E-state index contributed by atoms with van der Waals surface area (Å²) < 4.78 is 11.0. The third-order valence-corrected chi connectivity index (χ3v) is 3.11. The normalized spacial score (nSPS) is 10.2. The summed E-state index contributed by atoms with van der Waals surface area (Å²) >= 11 is 0. The smallest absolute Gasteiger partial charge is 0.225 e. The van der Waals surface area contributed by atoms with Gasteiger partial charge in [0.1, 0.15) is 17.3 Å². The van der Waals surface area contributed by atoms with Gasteiger partial charge in [-0.1, -0.05) is 6.07 Å². The molecule has 1 amide bonds. The fourth-order valence-electron chi connectivity index (χ4n) is 2.04. The second kappa shape index (κ2) is 8.78. The summed E-state index contributed by atoms with van der Waals surface area (Å²) in [4.78, 5) is 16.1. The number of nitrogens with one attached hydrogen (secondary N) is 1. The number of aromatic nitrogens is 1. The highest BCUT2D eigenvalue weighted by atomic mass is 16.5. The van der Waals surface area contributed by atoms with E-state index in [1.807, 2.05) is 50.2 Å². The molecular formula is C18H22N2O3. The molecule has 1 N–H and O–H groups in total. The first kappa shape index (κ1) is 16.8. The quantitative estimate of drug-likeness (QED) is 0.757. The molecule has 0 unspecified atom stereocenters. The highest BCUT2D eigenvalue weighted by Gasteiger charge is 2.04. The molecule has 2 rings (SSSR count). The topological polar surface area (TPSA) is 60.5 Å². The summed E-state index contributed by atoms with van der Waals surface area (Å²) in [5.41, 5.74) is 0.877.